The molecule has 3 aromatic rings. The van der Waals surface area contributed by atoms with Gasteiger partial charge in [-0.2, -0.15) is 0 Å². The van der Waals surface area contributed by atoms with Gasteiger partial charge in [-0.1, -0.05) is 12.1 Å². The Morgan fingerprint density at radius 1 is 1.14 bits per heavy atom. The van der Waals surface area contributed by atoms with Crippen molar-refractivity contribution in [2.75, 3.05) is 5.43 Å². The van der Waals surface area contributed by atoms with Gasteiger partial charge in [0.05, 0.1) is 11.8 Å². The van der Waals surface area contributed by atoms with E-state index in [1.807, 2.05) is 24.3 Å². The van der Waals surface area contributed by atoms with Crippen LogP contribution in [0.25, 0.3) is 17.0 Å². The Labute approximate surface area is 120 Å². The molecule has 1 aromatic carbocycles. The fourth-order valence-electron chi connectivity index (χ4n) is 1.81. The predicted molar refractivity (Wildman–Crippen MR) is 79.0 cm³/mol. The Balaban J connectivity index is 1.68. The Kier molecular flexibility index (Phi) is 3.60. The molecule has 104 valence electrons. The summed E-state index contributed by atoms with van der Waals surface area (Å²) in [6, 6.07) is 11.0. The van der Waals surface area contributed by atoms with Crippen molar-refractivity contribution in [1.29, 1.82) is 0 Å². The van der Waals surface area contributed by atoms with Gasteiger partial charge in [-0.15, -0.1) is 0 Å². The van der Waals surface area contributed by atoms with Crippen LogP contribution in [0.2, 0.25) is 0 Å². The molecule has 0 aliphatic rings. The molecule has 0 unspecified atom stereocenters. The van der Waals surface area contributed by atoms with Crippen molar-refractivity contribution in [3.63, 3.8) is 0 Å². The largest absolute Gasteiger partial charge is 0.465 e. The van der Waals surface area contributed by atoms with Crippen molar-refractivity contribution in [2.24, 2.45) is 0 Å². The normalized spacial score (nSPS) is 10.9. The van der Waals surface area contributed by atoms with Gasteiger partial charge >= 0.3 is 0 Å². The number of hydrogen-bond donors (Lipinski definition) is 2. The molecule has 6 heteroatoms. The SMILES string of the molecule is O=C(C=Cc1ccco1)NNc1ncnc2ccccc12. The van der Waals surface area contributed by atoms with Crippen LogP contribution >= 0.6 is 0 Å². The molecule has 0 bridgehead atoms. The zero-order chi connectivity index (χ0) is 14.5. The highest BCUT2D eigenvalue weighted by Gasteiger charge is 2.03. The van der Waals surface area contributed by atoms with Crippen LogP contribution in [-0.4, -0.2) is 15.9 Å². The van der Waals surface area contributed by atoms with Crippen molar-refractivity contribution in [3.05, 3.63) is 60.8 Å². The standard InChI is InChI=1S/C15H12N4O2/c20-14(8-7-11-4-3-9-21-11)18-19-15-12-5-1-2-6-13(12)16-10-17-15/h1-10H,(H,18,20)(H,16,17,19). The number of hydrogen-bond acceptors (Lipinski definition) is 5. The minimum Gasteiger partial charge on any atom is -0.465 e. The first kappa shape index (κ1) is 12.9. The number of furan rings is 1. The third kappa shape index (κ3) is 3.06. The highest BCUT2D eigenvalue weighted by Crippen LogP contribution is 2.17. The number of aromatic nitrogens is 2. The number of nitrogens with one attached hydrogen (secondary N) is 2. The maximum atomic E-state index is 11.7. The van der Waals surface area contributed by atoms with Crippen molar-refractivity contribution in [3.8, 4) is 0 Å². The first-order valence-electron chi connectivity index (χ1n) is 6.30. The van der Waals surface area contributed by atoms with Crippen molar-refractivity contribution < 1.29 is 9.21 Å². The molecule has 0 fully saturated rings. The van der Waals surface area contributed by atoms with E-state index in [1.165, 1.54) is 12.4 Å². The monoisotopic (exact) mass is 280 g/mol. The number of fused-ring (bicyclic) bond motifs is 1. The van der Waals surface area contributed by atoms with Crippen molar-refractivity contribution in [1.82, 2.24) is 15.4 Å². The minimum absolute atomic E-state index is 0.311. The highest BCUT2D eigenvalue weighted by molar-refractivity contribution is 5.94. The Bertz CT molecular complexity index is 776. The Morgan fingerprint density at radius 2 is 2.05 bits per heavy atom. The average molecular weight is 280 g/mol. The summed E-state index contributed by atoms with van der Waals surface area (Å²) in [7, 11) is 0. The van der Waals surface area contributed by atoms with Gasteiger partial charge in [-0.3, -0.25) is 15.6 Å². The molecule has 1 amide bonds. The number of nitrogens with zero attached hydrogens (tertiary/aromatic N) is 2. The fraction of sp³-hybridized carbons (Fsp3) is 0. The lowest BCUT2D eigenvalue weighted by atomic mass is 10.2. The van der Waals surface area contributed by atoms with Gasteiger partial charge in [0, 0.05) is 11.5 Å². The lowest BCUT2D eigenvalue weighted by molar-refractivity contribution is -0.116. The number of anilines is 1. The zero-order valence-corrected chi connectivity index (χ0v) is 11.0. The van der Waals surface area contributed by atoms with E-state index in [0.29, 0.717) is 11.6 Å². The van der Waals surface area contributed by atoms with E-state index in [9.17, 15) is 4.79 Å². The summed E-state index contributed by atoms with van der Waals surface area (Å²) in [5.74, 6) is 0.840. The zero-order valence-electron chi connectivity index (χ0n) is 11.0. The van der Waals surface area contributed by atoms with Crippen LogP contribution in [0.15, 0.2) is 59.5 Å². The van der Waals surface area contributed by atoms with E-state index in [2.05, 4.69) is 20.8 Å². The topological polar surface area (TPSA) is 80.0 Å². The van der Waals surface area contributed by atoms with Crippen LogP contribution in [-0.2, 0) is 4.79 Å². The molecule has 3 rings (SSSR count). The summed E-state index contributed by atoms with van der Waals surface area (Å²) in [6.45, 7) is 0. The molecule has 2 heterocycles. The minimum atomic E-state index is -0.311. The van der Waals surface area contributed by atoms with E-state index in [1.54, 1.807) is 24.5 Å². The summed E-state index contributed by atoms with van der Waals surface area (Å²) >= 11 is 0. The molecule has 0 radical (unpaired) electrons. The van der Waals surface area contributed by atoms with E-state index < -0.39 is 0 Å². The second kappa shape index (κ2) is 5.87. The summed E-state index contributed by atoms with van der Waals surface area (Å²) in [5, 5.41) is 0.829. The molecule has 2 aromatic heterocycles. The third-order valence-corrected chi connectivity index (χ3v) is 2.79. The number of hydrazine groups is 1. The molecule has 0 saturated carbocycles. The quantitative estimate of drug-likeness (QED) is 0.566. The van der Waals surface area contributed by atoms with Crippen molar-refractivity contribution >= 4 is 28.7 Å². The molecule has 0 atom stereocenters. The van der Waals surface area contributed by atoms with Gasteiger partial charge in [0.25, 0.3) is 5.91 Å². The van der Waals surface area contributed by atoms with Crippen LogP contribution in [0.1, 0.15) is 5.76 Å². The van der Waals surface area contributed by atoms with Gasteiger partial charge in [0.1, 0.15) is 12.1 Å². The molecular formula is C15H12N4O2. The molecule has 2 N–H and O–H groups in total. The van der Waals surface area contributed by atoms with Crippen molar-refractivity contribution in [2.45, 2.75) is 0 Å². The number of carbonyl (C=O) groups is 1. The lowest BCUT2D eigenvalue weighted by Crippen LogP contribution is -2.28. The van der Waals surface area contributed by atoms with Crippen LogP contribution in [0.3, 0.4) is 0 Å². The molecule has 0 saturated heterocycles. The maximum absolute atomic E-state index is 11.7. The van der Waals surface area contributed by atoms with Gasteiger partial charge in [-0.05, 0) is 30.3 Å². The Hall–Kier alpha value is -3.15. The van der Waals surface area contributed by atoms with Gasteiger partial charge in [0.2, 0.25) is 0 Å². The third-order valence-electron chi connectivity index (χ3n) is 2.79. The first-order valence-corrected chi connectivity index (χ1v) is 6.30. The molecular weight excluding hydrogens is 268 g/mol. The number of amides is 1. The number of benzene rings is 1. The van der Waals surface area contributed by atoms with Crippen LogP contribution in [0.5, 0.6) is 0 Å². The van der Waals surface area contributed by atoms with Gasteiger partial charge in [0.15, 0.2) is 5.82 Å². The fourth-order valence-corrected chi connectivity index (χ4v) is 1.81. The predicted octanol–water partition coefficient (Wildman–Crippen LogP) is 2.38. The van der Waals surface area contributed by atoms with E-state index in [-0.39, 0.29) is 5.91 Å². The second-order valence-electron chi connectivity index (χ2n) is 4.20. The average Bonchev–Trinajstić information content (AvgIpc) is 3.04. The lowest BCUT2D eigenvalue weighted by Gasteiger charge is -2.07. The molecule has 0 aliphatic carbocycles. The Morgan fingerprint density at radius 3 is 2.90 bits per heavy atom. The number of para-hydroxylation sites is 1. The molecule has 0 aliphatic heterocycles. The second-order valence-corrected chi connectivity index (χ2v) is 4.20. The van der Waals surface area contributed by atoms with E-state index in [0.717, 1.165) is 10.9 Å². The highest BCUT2D eigenvalue weighted by atomic mass is 16.3. The summed E-state index contributed by atoms with van der Waals surface area (Å²) < 4.78 is 5.10. The van der Waals surface area contributed by atoms with Crippen LogP contribution < -0.4 is 10.9 Å². The number of rotatable bonds is 4. The maximum Gasteiger partial charge on any atom is 0.262 e. The number of carbonyl (C=O) groups excluding carboxylic acids is 1. The van der Waals surface area contributed by atoms with E-state index in [4.69, 9.17) is 4.42 Å². The molecule has 0 spiro atoms. The summed E-state index contributed by atoms with van der Waals surface area (Å²) in [4.78, 5) is 20.0. The van der Waals surface area contributed by atoms with E-state index >= 15 is 0 Å². The van der Waals surface area contributed by atoms with Crippen LogP contribution in [0.4, 0.5) is 5.82 Å². The first-order chi connectivity index (χ1) is 10.3. The smallest absolute Gasteiger partial charge is 0.262 e. The summed E-state index contributed by atoms with van der Waals surface area (Å²) in [5.41, 5.74) is 6.13. The molecule has 21 heavy (non-hydrogen) atoms. The van der Waals surface area contributed by atoms with Gasteiger partial charge in [-0.25, -0.2) is 9.97 Å². The van der Waals surface area contributed by atoms with Gasteiger partial charge < -0.3 is 4.42 Å². The van der Waals surface area contributed by atoms with Crippen LogP contribution in [0, 0.1) is 0 Å². The molecule has 6 nitrogen and oxygen atoms in total. The summed E-state index contributed by atoms with van der Waals surface area (Å²) in [6.07, 6.45) is 5.93.